The molecule has 0 amide bonds. The molecule has 0 aliphatic rings. The first-order chi connectivity index (χ1) is 8.79. The van der Waals surface area contributed by atoms with Crippen molar-refractivity contribution in [3.05, 3.63) is 35.5 Å². The first-order valence-corrected chi connectivity index (χ1v) is 4.81. The molecule has 0 bridgehead atoms. The molecule has 0 aliphatic heterocycles. The first-order valence-electron chi connectivity index (χ1n) is 4.81. The van der Waals surface area contributed by atoms with Gasteiger partial charge < -0.3 is 10.1 Å². The van der Waals surface area contributed by atoms with E-state index < -0.39 is 40.7 Å². The van der Waals surface area contributed by atoms with E-state index in [1.165, 1.54) is 0 Å². The number of pyridine rings is 1. The number of H-pyrrole nitrogens is 1. The molecule has 2 rings (SSSR count). The molecule has 0 unspecified atom stereocenters. The van der Waals surface area contributed by atoms with E-state index in [1.807, 2.05) is 0 Å². The van der Waals surface area contributed by atoms with Gasteiger partial charge in [-0.3, -0.25) is 0 Å². The fraction of sp³-hybridized carbons (Fsp3) is 0.100. The predicted molar refractivity (Wildman–Crippen MR) is 53.7 cm³/mol. The lowest BCUT2D eigenvalue weighted by molar-refractivity contribution is -0.140. The van der Waals surface area contributed by atoms with Crippen LogP contribution in [0.3, 0.4) is 0 Å². The number of hydrogen-bond donors (Lipinski definition) is 2. The molecule has 0 saturated carbocycles. The summed E-state index contributed by atoms with van der Waals surface area (Å²) in [6.45, 7) is 0. The summed E-state index contributed by atoms with van der Waals surface area (Å²) >= 11 is 0. The largest absolute Gasteiger partial charge is 0.478 e. The average molecular weight is 275 g/mol. The molecule has 2 aromatic rings. The van der Waals surface area contributed by atoms with Crippen LogP contribution in [0.5, 0.6) is 0 Å². The minimum atomic E-state index is -4.66. The number of imidazole rings is 1. The van der Waals surface area contributed by atoms with E-state index in [-0.39, 0.29) is 0 Å². The molecule has 0 spiro atoms. The second-order valence-corrected chi connectivity index (χ2v) is 3.49. The summed E-state index contributed by atoms with van der Waals surface area (Å²) in [4.78, 5) is 19.3. The van der Waals surface area contributed by atoms with Gasteiger partial charge in [-0.05, 0) is 6.07 Å². The minimum Gasteiger partial charge on any atom is -0.478 e. The topological polar surface area (TPSA) is 78.9 Å². The Kier molecular flexibility index (Phi) is 2.97. The highest BCUT2D eigenvalue weighted by Crippen LogP contribution is 2.29. The van der Waals surface area contributed by atoms with Gasteiger partial charge in [0.1, 0.15) is 5.69 Å². The van der Waals surface area contributed by atoms with Crippen molar-refractivity contribution in [3.8, 4) is 11.5 Å². The average Bonchev–Trinajstić information content (AvgIpc) is 2.77. The van der Waals surface area contributed by atoms with Gasteiger partial charge in [0.2, 0.25) is 0 Å². The standard InChI is InChI=1S/C10H5F4N3O2/c11-5-1-4(9(18)19)2-15-7(5)8-16-3-6(17-8)10(12,13)14/h1-3H,(H,16,17)(H,18,19). The number of halogens is 4. The SMILES string of the molecule is O=C(O)c1cnc(-c2nc(C(F)(F)F)c[nH]2)c(F)c1. The number of carboxylic acids is 1. The highest BCUT2D eigenvalue weighted by molar-refractivity contribution is 5.87. The quantitative estimate of drug-likeness (QED) is 0.824. The third-order valence-electron chi connectivity index (χ3n) is 2.18. The molecule has 0 radical (unpaired) electrons. The Balaban J connectivity index is 2.43. The van der Waals surface area contributed by atoms with Gasteiger partial charge in [0.05, 0.1) is 5.56 Å². The molecule has 2 N–H and O–H groups in total. The monoisotopic (exact) mass is 275 g/mol. The van der Waals surface area contributed by atoms with E-state index in [4.69, 9.17) is 5.11 Å². The summed E-state index contributed by atoms with van der Waals surface area (Å²) in [5.74, 6) is -2.90. The molecule has 0 aliphatic carbocycles. The van der Waals surface area contributed by atoms with Gasteiger partial charge in [-0.1, -0.05) is 0 Å². The van der Waals surface area contributed by atoms with Crippen LogP contribution in [0.1, 0.15) is 16.1 Å². The molecule has 0 saturated heterocycles. The number of aromatic carboxylic acids is 1. The zero-order chi connectivity index (χ0) is 14.2. The van der Waals surface area contributed by atoms with E-state index in [2.05, 4.69) is 15.0 Å². The highest BCUT2D eigenvalue weighted by Gasteiger charge is 2.34. The maximum absolute atomic E-state index is 13.5. The summed E-state index contributed by atoms with van der Waals surface area (Å²) < 4.78 is 50.5. The molecule has 9 heteroatoms. The lowest BCUT2D eigenvalue weighted by Gasteiger charge is -2.01. The summed E-state index contributed by atoms with van der Waals surface area (Å²) in [5.41, 5.74) is -2.12. The summed E-state index contributed by atoms with van der Waals surface area (Å²) in [5, 5.41) is 8.60. The Morgan fingerprint density at radius 2 is 2.05 bits per heavy atom. The van der Waals surface area contributed by atoms with Crippen molar-refractivity contribution in [1.82, 2.24) is 15.0 Å². The summed E-state index contributed by atoms with van der Waals surface area (Å²) in [6.07, 6.45) is -3.26. The number of aromatic nitrogens is 3. The van der Waals surface area contributed by atoms with Gasteiger partial charge in [-0.25, -0.2) is 19.2 Å². The Hall–Kier alpha value is -2.45. The van der Waals surface area contributed by atoms with Gasteiger partial charge in [0.15, 0.2) is 17.3 Å². The summed E-state index contributed by atoms with van der Waals surface area (Å²) in [7, 11) is 0. The smallest absolute Gasteiger partial charge is 0.434 e. The van der Waals surface area contributed by atoms with Crippen molar-refractivity contribution in [2.75, 3.05) is 0 Å². The van der Waals surface area contributed by atoms with Crippen molar-refractivity contribution in [3.63, 3.8) is 0 Å². The van der Waals surface area contributed by atoms with Crippen molar-refractivity contribution in [2.24, 2.45) is 0 Å². The van der Waals surface area contributed by atoms with Crippen molar-refractivity contribution in [2.45, 2.75) is 6.18 Å². The predicted octanol–water partition coefficient (Wildman–Crippen LogP) is 2.33. The Labute approximate surface area is 102 Å². The van der Waals surface area contributed by atoms with Crippen LogP contribution in [0.25, 0.3) is 11.5 Å². The maximum atomic E-state index is 13.5. The number of alkyl halides is 3. The molecule has 0 fully saturated rings. The molecule has 2 heterocycles. The van der Waals surface area contributed by atoms with Gasteiger partial charge >= 0.3 is 12.1 Å². The van der Waals surface area contributed by atoms with E-state index in [1.54, 1.807) is 0 Å². The first kappa shape index (κ1) is 13.0. The van der Waals surface area contributed by atoms with E-state index in [0.717, 1.165) is 6.20 Å². The van der Waals surface area contributed by atoms with Crippen LogP contribution < -0.4 is 0 Å². The second kappa shape index (κ2) is 4.34. The van der Waals surface area contributed by atoms with Crippen LogP contribution in [0.2, 0.25) is 0 Å². The highest BCUT2D eigenvalue weighted by atomic mass is 19.4. The Bertz CT molecular complexity index is 636. The number of carboxylic acid groups (broad SMARTS) is 1. The lowest BCUT2D eigenvalue weighted by atomic mass is 10.2. The number of nitrogens with zero attached hydrogens (tertiary/aromatic N) is 2. The number of carbonyl (C=O) groups is 1. The maximum Gasteiger partial charge on any atom is 0.434 e. The van der Waals surface area contributed by atoms with Gasteiger partial charge in [0.25, 0.3) is 0 Å². The van der Waals surface area contributed by atoms with Crippen molar-refractivity contribution in [1.29, 1.82) is 0 Å². The van der Waals surface area contributed by atoms with Crippen molar-refractivity contribution >= 4 is 5.97 Å². The lowest BCUT2D eigenvalue weighted by Crippen LogP contribution is -2.05. The van der Waals surface area contributed by atoms with Crippen molar-refractivity contribution < 1.29 is 27.5 Å². The number of aromatic amines is 1. The number of rotatable bonds is 2. The van der Waals surface area contributed by atoms with E-state index >= 15 is 0 Å². The second-order valence-electron chi connectivity index (χ2n) is 3.49. The van der Waals surface area contributed by atoms with Crippen LogP contribution >= 0.6 is 0 Å². The molecule has 19 heavy (non-hydrogen) atoms. The van der Waals surface area contributed by atoms with Crippen LogP contribution in [-0.2, 0) is 6.18 Å². The molecule has 5 nitrogen and oxygen atoms in total. The zero-order valence-corrected chi connectivity index (χ0v) is 8.99. The Morgan fingerprint density at radius 3 is 2.53 bits per heavy atom. The molecule has 0 atom stereocenters. The van der Waals surface area contributed by atoms with Crippen LogP contribution in [-0.4, -0.2) is 26.0 Å². The molecular formula is C10H5F4N3O2. The number of hydrogen-bond acceptors (Lipinski definition) is 3. The van der Waals surface area contributed by atoms with Gasteiger partial charge in [0, 0.05) is 12.4 Å². The molecular weight excluding hydrogens is 270 g/mol. The van der Waals surface area contributed by atoms with Gasteiger partial charge in [-0.2, -0.15) is 13.2 Å². The zero-order valence-electron chi connectivity index (χ0n) is 8.99. The molecule has 2 aromatic heterocycles. The molecule has 0 aromatic carbocycles. The van der Waals surface area contributed by atoms with Crippen LogP contribution in [0.4, 0.5) is 17.6 Å². The summed E-state index contributed by atoms with van der Waals surface area (Å²) in [6, 6.07) is 0.653. The van der Waals surface area contributed by atoms with Crippen LogP contribution in [0, 0.1) is 5.82 Å². The van der Waals surface area contributed by atoms with E-state index in [0.29, 0.717) is 12.3 Å². The van der Waals surface area contributed by atoms with E-state index in [9.17, 15) is 22.4 Å². The minimum absolute atomic E-state index is 0.413. The molecule has 100 valence electrons. The normalized spacial score (nSPS) is 11.6. The fourth-order valence-corrected chi connectivity index (χ4v) is 1.32. The van der Waals surface area contributed by atoms with Gasteiger partial charge in [-0.15, -0.1) is 0 Å². The Morgan fingerprint density at radius 1 is 1.37 bits per heavy atom. The fourth-order valence-electron chi connectivity index (χ4n) is 1.32. The van der Waals surface area contributed by atoms with Crippen LogP contribution in [0.15, 0.2) is 18.5 Å². The number of nitrogens with one attached hydrogen (secondary N) is 1. The third-order valence-corrected chi connectivity index (χ3v) is 2.18. The third kappa shape index (κ3) is 2.54.